The van der Waals surface area contributed by atoms with Crippen LogP contribution >= 0.6 is 0 Å². The summed E-state index contributed by atoms with van der Waals surface area (Å²) in [5.74, 6) is -0.234. The van der Waals surface area contributed by atoms with E-state index >= 15 is 0 Å². The van der Waals surface area contributed by atoms with Gasteiger partial charge in [-0.3, -0.25) is 9.59 Å². The van der Waals surface area contributed by atoms with Gasteiger partial charge in [0, 0.05) is 36.6 Å². The van der Waals surface area contributed by atoms with Gasteiger partial charge in [0.25, 0.3) is 0 Å². The monoisotopic (exact) mass is 412 g/mol. The van der Waals surface area contributed by atoms with Crippen molar-refractivity contribution in [2.24, 2.45) is 0 Å². The molecule has 4 rings (SSSR count). The molecule has 31 heavy (non-hydrogen) atoms. The molecule has 0 unspecified atom stereocenters. The molecule has 156 valence electrons. The SMILES string of the molecule is Cc1cccn2cc(-c3ccc(NC(=O)CCNC(=O)Cc4ccccc4)cc3)nc12. The average Bonchev–Trinajstić information content (AvgIpc) is 3.21. The molecule has 0 radical (unpaired) electrons. The Kier molecular flexibility index (Phi) is 6.08. The van der Waals surface area contributed by atoms with E-state index in [1.165, 1.54) is 0 Å². The van der Waals surface area contributed by atoms with Crippen molar-refractivity contribution in [3.8, 4) is 11.3 Å². The van der Waals surface area contributed by atoms with Gasteiger partial charge in [0.1, 0.15) is 5.65 Å². The third-order valence-corrected chi connectivity index (χ3v) is 5.02. The highest BCUT2D eigenvalue weighted by Gasteiger charge is 2.08. The van der Waals surface area contributed by atoms with Crippen LogP contribution in [0.1, 0.15) is 17.5 Å². The van der Waals surface area contributed by atoms with E-state index in [2.05, 4.69) is 10.6 Å². The number of hydrogen-bond donors (Lipinski definition) is 2. The van der Waals surface area contributed by atoms with Gasteiger partial charge in [-0.2, -0.15) is 0 Å². The van der Waals surface area contributed by atoms with Gasteiger partial charge in [-0.15, -0.1) is 0 Å². The maximum Gasteiger partial charge on any atom is 0.226 e. The zero-order valence-corrected chi connectivity index (χ0v) is 17.3. The molecule has 0 saturated carbocycles. The number of hydrogen-bond acceptors (Lipinski definition) is 3. The van der Waals surface area contributed by atoms with Crippen LogP contribution in [0.15, 0.2) is 79.1 Å². The van der Waals surface area contributed by atoms with Crippen LogP contribution in [-0.2, 0) is 16.0 Å². The van der Waals surface area contributed by atoms with Crippen molar-refractivity contribution in [1.82, 2.24) is 14.7 Å². The molecule has 0 bridgehead atoms. The highest BCUT2D eigenvalue weighted by Crippen LogP contribution is 2.22. The third kappa shape index (κ3) is 5.17. The zero-order chi connectivity index (χ0) is 21.6. The lowest BCUT2D eigenvalue weighted by Gasteiger charge is -2.07. The molecule has 2 N–H and O–H groups in total. The number of benzene rings is 2. The molecule has 4 aromatic rings. The normalized spacial score (nSPS) is 10.7. The van der Waals surface area contributed by atoms with Crippen LogP contribution in [0, 0.1) is 6.92 Å². The van der Waals surface area contributed by atoms with Crippen molar-refractivity contribution in [3.63, 3.8) is 0 Å². The van der Waals surface area contributed by atoms with Crippen LogP contribution < -0.4 is 10.6 Å². The molecule has 0 aliphatic carbocycles. The first-order valence-corrected chi connectivity index (χ1v) is 10.2. The minimum atomic E-state index is -0.142. The van der Waals surface area contributed by atoms with E-state index in [0.717, 1.165) is 28.0 Å². The number of aromatic nitrogens is 2. The van der Waals surface area contributed by atoms with E-state index in [4.69, 9.17) is 4.98 Å². The van der Waals surface area contributed by atoms with Gasteiger partial charge in [-0.25, -0.2) is 4.98 Å². The van der Waals surface area contributed by atoms with Crippen molar-refractivity contribution in [2.75, 3.05) is 11.9 Å². The van der Waals surface area contributed by atoms with Crippen LogP contribution in [-0.4, -0.2) is 27.7 Å². The molecular weight excluding hydrogens is 388 g/mol. The number of aryl methyl sites for hydroxylation is 1. The van der Waals surface area contributed by atoms with Crippen molar-refractivity contribution in [2.45, 2.75) is 19.8 Å². The first kappa shape index (κ1) is 20.3. The number of carbonyl (C=O) groups is 2. The Balaban J connectivity index is 1.28. The summed E-state index contributed by atoms with van der Waals surface area (Å²) in [6, 6.07) is 21.2. The molecule has 2 heterocycles. The Labute approximate surface area is 180 Å². The number of carbonyl (C=O) groups excluding carboxylic acids is 2. The molecule has 0 aliphatic heterocycles. The number of amides is 2. The second-order valence-electron chi connectivity index (χ2n) is 7.44. The molecule has 0 atom stereocenters. The van der Waals surface area contributed by atoms with Gasteiger partial charge in [-0.05, 0) is 36.2 Å². The molecule has 0 saturated heterocycles. The fraction of sp³-hybridized carbons (Fsp3) is 0.160. The lowest BCUT2D eigenvalue weighted by atomic mass is 10.1. The quantitative estimate of drug-likeness (QED) is 0.482. The van der Waals surface area contributed by atoms with Crippen molar-refractivity contribution < 1.29 is 9.59 Å². The smallest absolute Gasteiger partial charge is 0.226 e. The van der Waals surface area contributed by atoms with Crippen LogP contribution in [0.4, 0.5) is 5.69 Å². The minimum Gasteiger partial charge on any atom is -0.355 e. The van der Waals surface area contributed by atoms with Gasteiger partial charge in [0.05, 0.1) is 12.1 Å². The largest absolute Gasteiger partial charge is 0.355 e. The summed E-state index contributed by atoms with van der Waals surface area (Å²) in [7, 11) is 0. The molecule has 0 spiro atoms. The van der Waals surface area contributed by atoms with Crippen LogP contribution in [0.3, 0.4) is 0 Å². The maximum absolute atomic E-state index is 12.2. The van der Waals surface area contributed by atoms with Crippen LogP contribution in [0.25, 0.3) is 16.9 Å². The molecule has 0 fully saturated rings. The fourth-order valence-electron chi connectivity index (χ4n) is 3.40. The summed E-state index contributed by atoms with van der Waals surface area (Å²) in [4.78, 5) is 28.8. The summed E-state index contributed by atoms with van der Waals surface area (Å²) in [5, 5.41) is 5.65. The Morgan fingerprint density at radius 3 is 2.45 bits per heavy atom. The molecule has 6 heteroatoms. The van der Waals surface area contributed by atoms with E-state index in [0.29, 0.717) is 18.7 Å². The van der Waals surface area contributed by atoms with Crippen LogP contribution in [0.2, 0.25) is 0 Å². The predicted molar refractivity (Wildman–Crippen MR) is 122 cm³/mol. The van der Waals surface area contributed by atoms with Crippen LogP contribution in [0.5, 0.6) is 0 Å². The second-order valence-corrected chi connectivity index (χ2v) is 7.44. The molecular formula is C25H24N4O2. The molecule has 0 aliphatic rings. The lowest BCUT2D eigenvalue weighted by Crippen LogP contribution is -2.28. The Morgan fingerprint density at radius 1 is 0.935 bits per heavy atom. The second kappa shape index (κ2) is 9.26. The number of nitrogens with zero attached hydrogens (tertiary/aromatic N) is 2. The summed E-state index contributed by atoms with van der Waals surface area (Å²) < 4.78 is 2.01. The number of pyridine rings is 1. The van der Waals surface area contributed by atoms with E-state index in [9.17, 15) is 9.59 Å². The summed E-state index contributed by atoms with van der Waals surface area (Å²) in [5.41, 5.74) is 5.58. The van der Waals surface area contributed by atoms with E-state index in [1.807, 2.05) is 90.4 Å². The van der Waals surface area contributed by atoms with Crippen molar-refractivity contribution >= 4 is 23.1 Å². The summed E-state index contributed by atoms with van der Waals surface area (Å²) >= 11 is 0. The van der Waals surface area contributed by atoms with E-state index in [1.54, 1.807) is 0 Å². The topological polar surface area (TPSA) is 75.5 Å². The molecule has 2 aromatic carbocycles. The van der Waals surface area contributed by atoms with Gasteiger partial charge in [-0.1, -0.05) is 48.5 Å². The Bertz CT molecular complexity index is 1200. The predicted octanol–water partition coefficient (Wildman–Crippen LogP) is 4.00. The number of rotatable bonds is 7. The van der Waals surface area contributed by atoms with Gasteiger partial charge < -0.3 is 15.0 Å². The molecule has 2 amide bonds. The highest BCUT2D eigenvalue weighted by atomic mass is 16.2. The minimum absolute atomic E-state index is 0.0916. The number of anilines is 1. The summed E-state index contributed by atoms with van der Waals surface area (Å²) in [6.45, 7) is 2.34. The Morgan fingerprint density at radius 2 is 1.71 bits per heavy atom. The lowest BCUT2D eigenvalue weighted by molar-refractivity contribution is -0.120. The van der Waals surface area contributed by atoms with Crippen molar-refractivity contribution in [3.05, 3.63) is 90.3 Å². The van der Waals surface area contributed by atoms with Gasteiger partial charge in [0.15, 0.2) is 0 Å². The first-order valence-electron chi connectivity index (χ1n) is 10.2. The number of nitrogens with one attached hydrogen (secondary N) is 2. The van der Waals surface area contributed by atoms with Gasteiger partial charge in [0.2, 0.25) is 11.8 Å². The number of imidazole rings is 1. The average molecular weight is 412 g/mol. The zero-order valence-electron chi connectivity index (χ0n) is 17.3. The standard InChI is InChI=1S/C25H24N4O2/c1-18-6-5-15-29-17-22(28-25(18)29)20-9-11-21(12-10-20)27-23(30)13-14-26-24(31)16-19-7-3-2-4-8-19/h2-12,15,17H,13-14,16H2,1H3,(H,26,31)(H,27,30). The third-order valence-electron chi connectivity index (χ3n) is 5.02. The fourth-order valence-corrected chi connectivity index (χ4v) is 3.40. The first-order chi connectivity index (χ1) is 15.1. The highest BCUT2D eigenvalue weighted by molar-refractivity contribution is 5.91. The molecule has 2 aromatic heterocycles. The van der Waals surface area contributed by atoms with E-state index < -0.39 is 0 Å². The summed E-state index contributed by atoms with van der Waals surface area (Å²) in [6.07, 6.45) is 4.50. The van der Waals surface area contributed by atoms with Crippen molar-refractivity contribution in [1.29, 1.82) is 0 Å². The van der Waals surface area contributed by atoms with E-state index in [-0.39, 0.29) is 18.2 Å². The number of fused-ring (bicyclic) bond motifs is 1. The Hall–Kier alpha value is -3.93. The maximum atomic E-state index is 12.2. The van der Waals surface area contributed by atoms with Gasteiger partial charge >= 0.3 is 0 Å². The molecule has 6 nitrogen and oxygen atoms in total.